The van der Waals surface area contributed by atoms with Gasteiger partial charge in [0.2, 0.25) is 0 Å². The normalized spacial score (nSPS) is 16.1. The highest BCUT2D eigenvalue weighted by Gasteiger charge is 2.26. The van der Waals surface area contributed by atoms with Crippen LogP contribution in [0.4, 0.5) is 8.78 Å². The Morgan fingerprint density at radius 3 is 2.53 bits per heavy atom. The number of amides is 1. The maximum Gasteiger partial charge on any atom is 0.260 e. The van der Waals surface area contributed by atoms with E-state index in [9.17, 15) is 13.6 Å². The Morgan fingerprint density at radius 2 is 1.80 bits per heavy atom. The molecule has 1 aromatic heterocycles. The maximum absolute atomic E-state index is 13.0. The Morgan fingerprint density at radius 1 is 1.10 bits per heavy atom. The van der Waals surface area contributed by atoms with Crippen molar-refractivity contribution in [2.24, 2.45) is 5.92 Å². The van der Waals surface area contributed by atoms with Gasteiger partial charge in [-0.25, -0.2) is 8.78 Å². The molecular weight excluding hydrogens is 392 g/mol. The Balaban J connectivity index is 1.23. The lowest BCUT2D eigenvalue weighted by molar-refractivity contribution is -0.132. The molecule has 156 valence electrons. The van der Waals surface area contributed by atoms with Crippen LogP contribution < -0.4 is 4.74 Å². The number of nitrogens with zero attached hydrogens (tertiary/aromatic N) is 3. The number of aromatic nitrogens is 2. The van der Waals surface area contributed by atoms with E-state index < -0.39 is 0 Å². The van der Waals surface area contributed by atoms with Gasteiger partial charge in [0.15, 0.2) is 12.4 Å². The van der Waals surface area contributed by atoms with Crippen molar-refractivity contribution in [1.29, 1.82) is 0 Å². The van der Waals surface area contributed by atoms with Gasteiger partial charge in [-0.05, 0) is 67.3 Å². The molecule has 6 nitrogen and oxygen atoms in total. The third-order valence-electron chi connectivity index (χ3n) is 5.15. The standard InChI is InChI=1S/C22H21F2N3O3/c23-17-4-2-16(3-5-17)22-25-20(26-30-22)10-1-15-11-12-27(13-15)21(28)14-29-19-8-6-18(24)7-9-19/h2-9,15H,1,10-14H2. The molecule has 3 aromatic rings. The molecular formula is C22H21F2N3O3. The molecule has 0 bridgehead atoms. The van der Waals surface area contributed by atoms with E-state index in [-0.39, 0.29) is 24.1 Å². The fourth-order valence-corrected chi connectivity index (χ4v) is 3.46. The zero-order valence-corrected chi connectivity index (χ0v) is 16.3. The Hall–Kier alpha value is -3.29. The van der Waals surface area contributed by atoms with Crippen LogP contribution >= 0.6 is 0 Å². The maximum atomic E-state index is 13.0. The largest absolute Gasteiger partial charge is 0.484 e. The molecule has 0 saturated carbocycles. The third-order valence-corrected chi connectivity index (χ3v) is 5.15. The summed E-state index contributed by atoms with van der Waals surface area (Å²) in [6.45, 7) is 1.28. The van der Waals surface area contributed by atoms with Crippen LogP contribution in [0.25, 0.3) is 11.5 Å². The van der Waals surface area contributed by atoms with Crippen LogP contribution in [0, 0.1) is 17.6 Å². The molecule has 4 rings (SSSR count). The fraction of sp³-hybridized carbons (Fsp3) is 0.318. The number of hydrogen-bond donors (Lipinski definition) is 0. The summed E-state index contributed by atoms with van der Waals surface area (Å²) in [7, 11) is 0. The molecule has 0 radical (unpaired) electrons. The number of halogens is 2. The van der Waals surface area contributed by atoms with Gasteiger partial charge in [-0.3, -0.25) is 4.79 Å². The highest BCUT2D eigenvalue weighted by molar-refractivity contribution is 5.78. The first-order chi connectivity index (χ1) is 14.6. The van der Waals surface area contributed by atoms with Crippen molar-refractivity contribution < 1.29 is 22.8 Å². The summed E-state index contributed by atoms with van der Waals surface area (Å²) < 4.78 is 36.6. The van der Waals surface area contributed by atoms with Crippen LogP contribution in [0.2, 0.25) is 0 Å². The number of ether oxygens (including phenoxy) is 1. The Bertz CT molecular complexity index is 990. The Kier molecular flexibility index (Phi) is 6.02. The molecule has 1 unspecified atom stereocenters. The molecule has 1 aliphatic rings. The minimum atomic E-state index is -0.345. The van der Waals surface area contributed by atoms with Gasteiger partial charge >= 0.3 is 0 Å². The first kappa shape index (κ1) is 20.0. The predicted molar refractivity (Wildman–Crippen MR) is 105 cm³/mol. The van der Waals surface area contributed by atoms with Gasteiger partial charge in [-0.2, -0.15) is 4.98 Å². The van der Waals surface area contributed by atoms with E-state index in [1.165, 1.54) is 36.4 Å². The van der Waals surface area contributed by atoms with Gasteiger partial charge in [-0.15, -0.1) is 0 Å². The molecule has 2 aromatic carbocycles. The lowest BCUT2D eigenvalue weighted by Gasteiger charge is -2.16. The summed E-state index contributed by atoms with van der Waals surface area (Å²) in [5.41, 5.74) is 0.675. The first-order valence-electron chi connectivity index (χ1n) is 9.81. The van der Waals surface area contributed by atoms with E-state index >= 15 is 0 Å². The van der Waals surface area contributed by atoms with Crippen LogP contribution in [-0.4, -0.2) is 40.6 Å². The highest BCUT2D eigenvalue weighted by Crippen LogP contribution is 2.23. The SMILES string of the molecule is O=C(COc1ccc(F)cc1)N1CCC(CCc2noc(-c3ccc(F)cc3)n2)C1. The zero-order valence-electron chi connectivity index (χ0n) is 16.3. The number of aryl methyl sites for hydroxylation is 1. The number of hydrogen-bond acceptors (Lipinski definition) is 5. The van der Waals surface area contributed by atoms with Crippen molar-refractivity contribution in [2.75, 3.05) is 19.7 Å². The van der Waals surface area contributed by atoms with Crippen molar-refractivity contribution >= 4 is 5.91 Å². The molecule has 1 saturated heterocycles. The van der Waals surface area contributed by atoms with Crippen molar-refractivity contribution in [3.05, 3.63) is 66.0 Å². The second-order valence-corrected chi connectivity index (χ2v) is 7.30. The van der Waals surface area contributed by atoms with Gasteiger partial charge in [-0.1, -0.05) is 5.16 Å². The minimum Gasteiger partial charge on any atom is -0.484 e. The van der Waals surface area contributed by atoms with Crippen LogP contribution in [0.1, 0.15) is 18.7 Å². The zero-order chi connectivity index (χ0) is 20.9. The van der Waals surface area contributed by atoms with Gasteiger partial charge in [0.25, 0.3) is 11.8 Å². The molecule has 1 fully saturated rings. The predicted octanol–water partition coefficient (Wildman–Crippen LogP) is 3.87. The van der Waals surface area contributed by atoms with Crippen molar-refractivity contribution in [3.8, 4) is 17.2 Å². The number of rotatable bonds is 7. The van der Waals surface area contributed by atoms with Crippen molar-refractivity contribution in [2.45, 2.75) is 19.3 Å². The van der Waals surface area contributed by atoms with E-state index in [2.05, 4.69) is 10.1 Å². The van der Waals surface area contributed by atoms with E-state index in [0.29, 0.717) is 48.5 Å². The van der Waals surface area contributed by atoms with E-state index in [4.69, 9.17) is 9.26 Å². The number of likely N-dealkylation sites (tertiary alicyclic amines) is 1. The lowest BCUT2D eigenvalue weighted by atomic mass is 10.0. The highest BCUT2D eigenvalue weighted by atomic mass is 19.1. The topological polar surface area (TPSA) is 68.5 Å². The average Bonchev–Trinajstić information content (AvgIpc) is 3.42. The van der Waals surface area contributed by atoms with E-state index in [0.717, 1.165) is 12.8 Å². The second-order valence-electron chi connectivity index (χ2n) is 7.30. The molecule has 2 heterocycles. The smallest absolute Gasteiger partial charge is 0.260 e. The lowest BCUT2D eigenvalue weighted by Crippen LogP contribution is -2.33. The molecule has 30 heavy (non-hydrogen) atoms. The molecule has 8 heteroatoms. The molecule has 0 N–H and O–H groups in total. The summed E-state index contributed by atoms with van der Waals surface area (Å²) >= 11 is 0. The van der Waals surface area contributed by atoms with Crippen LogP contribution in [0.5, 0.6) is 5.75 Å². The summed E-state index contributed by atoms with van der Waals surface area (Å²) in [6, 6.07) is 11.5. The first-order valence-corrected chi connectivity index (χ1v) is 9.81. The monoisotopic (exact) mass is 413 g/mol. The summed E-state index contributed by atoms with van der Waals surface area (Å²) in [5.74, 6) is 1.04. The average molecular weight is 413 g/mol. The van der Waals surface area contributed by atoms with Gasteiger partial charge in [0.1, 0.15) is 17.4 Å². The molecule has 1 amide bonds. The van der Waals surface area contributed by atoms with Gasteiger partial charge in [0, 0.05) is 25.1 Å². The second kappa shape index (κ2) is 9.02. The summed E-state index contributed by atoms with van der Waals surface area (Å²) in [4.78, 5) is 18.5. The minimum absolute atomic E-state index is 0.0653. The quantitative estimate of drug-likeness (QED) is 0.588. The van der Waals surface area contributed by atoms with Crippen LogP contribution in [0.15, 0.2) is 53.1 Å². The van der Waals surface area contributed by atoms with Gasteiger partial charge < -0.3 is 14.2 Å². The van der Waals surface area contributed by atoms with Crippen LogP contribution in [0.3, 0.4) is 0 Å². The summed E-state index contributed by atoms with van der Waals surface area (Å²) in [5, 5.41) is 3.99. The fourth-order valence-electron chi connectivity index (χ4n) is 3.46. The van der Waals surface area contributed by atoms with E-state index in [1.54, 1.807) is 17.0 Å². The van der Waals surface area contributed by atoms with Crippen molar-refractivity contribution in [3.63, 3.8) is 0 Å². The third kappa shape index (κ3) is 5.00. The Labute approximate surface area is 172 Å². The number of carbonyl (C=O) groups excluding carboxylic acids is 1. The number of carbonyl (C=O) groups is 1. The van der Waals surface area contributed by atoms with Crippen LogP contribution in [-0.2, 0) is 11.2 Å². The van der Waals surface area contributed by atoms with E-state index in [1.807, 2.05) is 0 Å². The molecule has 1 atom stereocenters. The molecule has 0 spiro atoms. The molecule has 0 aliphatic carbocycles. The van der Waals surface area contributed by atoms with Crippen molar-refractivity contribution in [1.82, 2.24) is 15.0 Å². The number of benzene rings is 2. The van der Waals surface area contributed by atoms with Gasteiger partial charge in [0.05, 0.1) is 0 Å². The summed E-state index contributed by atoms with van der Waals surface area (Å²) in [6.07, 6.45) is 2.39. The molecule has 1 aliphatic heterocycles.